The number of ether oxygens (including phenoxy) is 2. The zero-order valence-electron chi connectivity index (χ0n) is 7.41. The van der Waals surface area contributed by atoms with Crippen LogP contribution < -0.4 is 0 Å². The maximum absolute atomic E-state index is 10.6. The lowest BCUT2D eigenvalue weighted by molar-refractivity contribution is -0.146. The van der Waals surface area contributed by atoms with Gasteiger partial charge in [0.25, 0.3) is 0 Å². The second-order valence-electron chi connectivity index (χ2n) is 2.69. The first-order chi connectivity index (χ1) is 5.72. The van der Waals surface area contributed by atoms with E-state index in [1.165, 1.54) is 6.92 Å². The smallest absolute Gasteiger partial charge is 0.302 e. The minimum Gasteiger partial charge on any atom is -0.460 e. The summed E-state index contributed by atoms with van der Waals surface area (Å²) in [5, 5.41) is 0. The van der Waals surface area contributed by atoms with E-state index in [1.807, 2.05) is 0 Å². The summed E-state index contributed by atoms with van der Waals surface area (Å²) in [5.41, 5.74) is 0.222. The minimum atomic E-state index is -0.217. The monoisotopic (exact) mass is 190 g/mol. The Hall–Kier alpha value is -0.220. The highest BCUT2D eigenvalue weighted by molar-refractivity contribution is 7.99. The average molecular weight is 190 g/mol. The van der Waals surface area contributed by atoms with Gasteiger partial charge in [0.05, 0.1) is 6.61 Å². The highest BCUT2D eigenvalue weighted by atomic mass is 32.2. The quantitative estimate of drug-likeness (QED) is 0.630. The molecule has 70 valence electrons. The van der Waals surface area contributed by atoms with Gasteiger partial charge in [-0.3, -0.25) is 4.79 Å². The topological polar surface area (TPSA) is 35.5 Å². The second kappa shape index (κ2) is 4.72. The van der Waals surface area contributed by atoms with Crippen molar-refractivity contribution in [2.24, 2.45) is 0 Å². The lowest BCUT2D eigenvalue weighted by atomic mass is 10.3. The van der Waals surface area contributed by atoms with E-state index in [9.17, 15) is 4.79 Å². The number of hydrogen-bond donors (Lipinski definition) is 0. The van der Waals surface area contributed by atoms with Gasteiger partial charge in [0, 0.05) is 13.3 Å². The molecule has 1 aliphatic heterocycles. The van der Waals surface area contributed by atoms with Crippen LogP contribution in [0.4, 0.5) is 0 Å². The molecule has 0 unspecified atom stereocenters. The zero-order valence-corrected chi connectivity index (χ0v) is 8.23. The third-order valence-corrected chi connectivity index (χ3v) is 2.64. The van der Waals surface area contributed by atoms with Crippen LogP contribution in [0.2, 0.25) is 0 Å². The Bertz CT molecular complexity index is 160. The lowest BCUT2D eigenvalue weighted by Crippen LogP contribution is -2.15. The first-order valence-electron chi connectivity index (χ1n) is 4.12. The number of thioether (sulfide) groups is 1. The van der Waals surface area contributed by atoms with Gasteiger partial charge in [-0.2, -0.15) is 0 Å². The van der Waals surface area contributed by atoms with Crippen molar-refractivity contribution in [1.29, 1.82) is 0 Å². The first-order valence-corrected chi connectivity index (χ1v) is 5.17. The van der Waals surface area contributed by atoms with Crippen LogP contribution in [-0.4, -0.2) is 29.9 Å². The summed E-state index contributed by atoms with van der Waals surface area (Å²) in [5.74, 6) is 0.822. The molecule has 2 atom stereocenters. The molecule has 4 heteroatoms. The van der Waals surface area contributed by atoms with E-state index in [4.69, 9.17) is 9.47 Å². The summed E-state index contributed by atoms with van der Waals surface area (Å²) >= 11 is 1.76. The Morgan fingerprint density at radius 3 is 3.08 bits per heavy atom. The van der Waals surface area contributed by atoms with Crippen molar-refractivity contribution in [2.45, 2.75) is 31.8 Å². The molecule has 0 amide bonds. The average Bonchev–Trinajstić information content (AvgIpc) is 2.36. The lowest BCUT2D eigenvalue weighted by Gasteiger charge is -2.07. The molecular formula is C8H14O3S. The van der Waals surface area contributed by atoms with Crippen molar-refractivity contribution in [3.8, 4) is 0 Å². The van der Waals surface area contributed by atoms with Gasteiger partial charge in [-0.05, 0) is 5.75 Å². The maximum atomic E-state index is 10.6. The van der Waals surface area contributed by atoms with Gasteiger partial charge < -0.3 is 9.47 Å². The SMILES string of the molecule is CCS[C@@H]1C[C@@H](OC(C)=O)CO1. The van der Waals surface area contributed by atoms with Crippen molar-refractivity contribution in [3.63, 3.8) is 0 Å². The fourth-order valence-electron chi connectivity index (χ4n) is 1.18. The fraction of sp³-hybridized carbons (Fsp3) is 0.875. The molecule has 0 aliphatic carbocycles. The van der Waals surface area contributed by atoms with E-state index in [-0.39, 0.29) is 17.5 Å². The molecule has 1 heterocycles. The van der Waals surface area contributed by atoms with Crippen molar-refractivity contribution in [1.82, 2.24) is 0 Å². The normalized spacial score (nSPS) is 28.8. The third kappa shape index (κ3) is 3.03. The van der Waals surface area contributed by atoms with E-state index < -0.39 is 0 Å². The molecule has 1 saturated heterocycles. The first kappa shape index (κ1) is 9.86. The van der Waals surface area contributed by atoms with Gasteiger partial charge >= 0.3 is 5.97 Å². The molecule has 0 N–H and O–H groups in total. The molecule has 0 bridgehead atoms. The minimum absolute atomic E-state index is 0.0217. The van der Waals surface area contributed by atoms with E-state index >= 15 is 0 Å². The molecule has 0 radical (unpaired) electrons. The highest BCUT2D eigenvalue weighted by Gasteiger charge is 2.27. The van der Waals surface area contributed by atoms with Crippen LogP contribution in [0.25, 0.3) is 0 Å². The zero-order chi connectivity index (χ0) is 8.97. The summed E-state index contributed by atoms with van der Waals surface area (Å²) in [7, 11) is 0. The number of carbonyl (C=O) groups excluding carboxylic acids is 1. The number of rotatable bonds is 3. The van der Waals surface area contributed by atoms with Crippen LogP contribution >= 0.6 is 11.8 Å². The Morgan fingerprint density at radius 1 is 1.75 bits per heavy atom. The Labute approximate surface area is 76.8 Å². The van der Waals surface area contributed by atoms with Crippen LogP contribution in [0.5, 0.6) is 0 Å². The largest absolute Gasteiger partial charge is 0.460 e. The summed E-state index contributed by atoms with van der Waals surface area (Å²) in [6.45, 7) is 4.07. The van der Waals surface area contributed by atoms with E-state index in [2.05, 4.69) is 6.92 Å². The molecule has 3 nitrogen and oxygen atoms in total. The molecule has 1 fully saturated rings. The van der Waals surface area contributed by atoms with Crippen LogP contribution in [0.1, 0.15) is 20.3 Å². The van der Waals surface area contributed by atoms with Gasteiger partial charge in [-0.1, -0.05) is 6.92 Å². The van der Waals surface area contributed by atoms with Crippen molar-refractivity contribution < 1.29 is 14.3 Å². The Kier molecular flexibility index (Phi) is 3.88. The fourth-order valence-corrected chi connectivity index (χ4v) is 2.08. The van der Waals surface area contributed by atoms with Gasteiger partial charge in [-0.15, -0.1) is 11.8 Å². The standard InChI is InChI=1S/C8H14O3S/c1-3-12-8-4-7(5-10-8)11-6(2)9/h7-8H,3-5H2,1-2H3/t7-,8-/m1/s1. The van der Waals surface area contributed by atoms with Crippen molar-refractivity contribution in [3.05, 3.63) is 0 Å². The number of esters is 1. The van der Waals surface area contributed by atoms with E-state index in [1.54, 1.807) is 11.8 Å². The second-order valence-corrected chi connectivity index (χ2v) is 4.12. The number of hydrogen-bond acceptors (Lipinski definition) is 4. The van der Waals surface area contributed by atoms with Crippen LogP contribution in [0.3, 0.4) is 0 Å². The molecule has 0 aromatic heterocycles. The molecule has 0 saturated carbocycles. The van der Waals surface area contributed by atoms with Crippen molar-refractivity contribution in [2.75, 3.05) is 12.4 Å². The Morgan fingerprint density at radius 2 is 2.50 bits per heavy atom. The summed E-state index contributed by atoms with van der Waals surface area (Å²) < 4.78 is 10.4. The summed E-state index contributed by atoms with van der Waals surface area (Å²) in [4.78, 5) is 10.6. The van der Waals surface area contributed by atoms with Gasteiger partial charge in [-0.25, -0.2) is 0 Å². The van der Waals surface area contributed by atoms with Gasteiger partial charge in [0.2, 0.25) is 0 Å². The molecular weight excluding hydrogens is 176 g/mol. The predicted octanol–water partition coefficient (Wildman–Crippen LogP) is 1.42. The molecule has 1 aliphatic rings. The third-order valence-electron chi connectivity index (χ3n) is 1.61. The predicted molar refractivity (Wildman–Crippen MR) is 48.0 cm³/mol. The maximum Gasteiger partial charge on any atom is 0.302 e. The van der Waals surface area contributed by atoms with Crippen LogP contribution in [0.15, 0.2) is 0 Å². The Balaban J connectivity index is 2.21. The van der Waals surface area contributed by atoms with Crippen LogP contribution in [0, 0.1) is 0 Å². The number of carbonyl (C=O) groups is 1. The van der Waals surface area contributed by atoms with Crippen LogP contribution in [-0.2, 0) is 14.3 Å². The van der Waals surface area contributed by atoms with E-state index in [0.717, 1.165) is 12.2 Å². The molecule has 0 aromatic rings. The highest BCUT2D eigenvalue weighted by Crippen LogP contribution is 2.25. The van der Waals surface area contributed by atoms with E-state index in [0.29, 0.717) is 6.61 Å². The van der Waals surface area contributed by atoms with Crippen molar-refractivity contribution >= 4 is 17.7 Å². The summed E-state index contributed by atoms with van der Waals surface area (Å²) in [6.07, 6.45) is 0.810. The molecule has 1 rings (SSSR count). The van der Waals surface area contributed by atoms with Gasteiger partial charge in [0.1, 0.15) is 11.5 Å². The molecule has 0 aromatic carbocycles. The van der Waals surface area contributed by atoms with Gasteiger partial charge in [0.15, 0.2) is 0 Å². The molecule has 12 heavy (non-hydrogen) atoms. The molecule has 0 spiro atoms. The summed E-state index contributed by atoms with van der Waals surface area (Å²) in [6, 6.07) is 0.